The van der Waals surface area contributed by atoms with Crippen LogP contribution in [0.5, 0.6) is 11.5 Å². The van der Waals surface area contributed by atoms with E-state index in [0.717, 1.165) is 5.75 Å². The lowest BCUT2D eigenvalue weighted by Gasteiger charge is -2.05. The van der Waals surface area contributed by atoms with E-state index in [1.165, 1.54) is 4.90 Å². The largest absolute Gasteiger partial charge is 0.457 e. The Balaban J connectivity index is 2.11. The van der Waals surface area contributed by atoms with Crippen LogP contribution in [0.4, 0.5) is 5.69 Å². The molecule has 0 aliphatic heterocycles. The van der Waals surface area contributed by atoms with Gasteiger partial charge in [0.05, 0.1) is 0 Å². The first-order chi connectivity index (χ1) is 8.31. The van der Waals surface area contributed by atoms with Crippen molar-refractivity contribution in [1.29, 1.82) is 5.39 Å². The molecule has 0 saturated heterocycles. The minimum absolute atomic E-state index is 0.509. The molecule has 0 aliphatic rings. The Morgan fingerprint density at radius 1 is 0.941 bits per heavy atom. The van der Waals surface area contributed by atoms with E-state index in [1.54, 1.807) is 36.0 Å². The number of thioether (sulfide) groups is 1. The van der Waals surface area contributed by atoms with E-state index in [1.807, 2.05) is 30.5 Å². The number of nitrogens with zero attached hydrogens (tertiary/aromatic N) is 2. The number of ether oxygens (including phenoxy) is 1. The molecule has 0 aliphatic carbocycles. The Bertz CT molecular complexity index is 529. The van der Waals surface area contributed by atoms with Crippen molar-refractivity contribution in [3.05, 3.63) is 53.5 Å². The topological polar surface area (TPSA) is 37.4 Å². The number of diazo groups is 1. The van der Waals surface area contributed by atoms with Gasteiger partial charge in [-0.05, 0) is 42.7 Å². The van der Waals surface area contributed by atoms with Gasteiger partial charge in [0.2, 0.25) is 5.39 Å². The van der Waals surface area contributed by atoms with Crippen LogP contribution in [0, 0.1) is 5.39 Å². The fourth-order valence-electron chi connectivity index (χ4n) is 1.36. The van der Waals surface area contributed by atoms with Crippen LogP contribution in [0.15, 0.2) is 53.4 Å². The smallest absolute Gasteiger partial charge is 0.385 e. The van der Waals surface area contributed by atoms with Gasteiger partial charge in [-0.25, -0.2) is 0 Å². The van der Waals surface area contributed by atoms with Gasteiger partial charge in [-0.15, -0.1) is 11.8 Å². The third kappa shape index (κ3) is 2.99. The molecule has 84 valence electrons. The van der Waals surface area contributed by atoms with E-state index in [2.05, 4.69) is 4.98 Å². The minimum Gasteiger partial charge on any atom is -0.457 e. The molecule has 0 heterocycles. The van der Waals surface area contributed by atoms with Gasteiger partial charge >= 0.3 is 5.69 Å². The summed E-state index contributed by atoms with van der Waals surface area (Å²) in [4.78, 5) is 4.28. The summed E-state index contributed by atoms with van der Waals surface area (Å²) in [7, 11) is 0. The molecule has 0 atom stereocenters. The van der Waals surface area contributed by atoms with Crippen LogP contribution in [0.3, 0.4) is 0 Å². The number of rotatable bonds is 3. The maximum atomic E-state index is 8.56. The van der Waals surface area contributed by atoms with E-state index in [-0.39, 0.29) is 0 Å². The maximum absolute atomic E-state index is 8.56. The van der Waals surface area contributed by atoms with Crippen molar-refractivity contribution in [2.75, 3.05) is 6.26 Å². The van der Waals surface area contributed by atoms with Crippen molar-refractivity contribution in [2.24, 2.45) is 0 Å². The van der Waals surface area contributed by atoms with Gasteiger partial charge in [-0.3, -0.25) is 0 Å². The Hall–Kier alpha value is -1.99. The molecule has 2 aromatic rings. The molecule has 17 heavy (non-hydrogen) atoms. The zero-order valence-electron chi connectivity index (χ0n) is 9.33. The molecule has 2 rings (SSSR count). The number of hydrogen-bond acceptors (Lipinski definition) is 3. The third-order valence-corrected chi connectivity index (χ3v) is 2.99. The second-order valence-electron chi connectivity index (χ2n) is 3.37. The van der Waals surface area contributed by atoms with Gasteiger partial charge in [0, 0.05) is 17.0 Å². The maximum Gasteiger partial charge on any atom is 0.385 e. The van der Waals surface area contributed by atoms with Crippen LogP contribution in [-0.4, -0.2) is 6.26 Å². The fourth-order valence-corrected chi connectivity index (χ4v) is 1.77. The summed E-state index contributed by atoms with van der Waals surface area (Å²) in [5, 5.41) is 8.56. The lowest BCUT2D eigenvalue weighted by molar-refractivity contribution is 0.482. The standard InChI is InChI=1S/C13H11N2OS/c1-17-13-8-6-12(7-9-13)16-11-4-2-10(15-14)3-5-11/h2-9H,1H3/q+1. The van der Waals surface area contributed by atoms with Gasteiger partial charge in [0.25, 0.3) is 0 Å². The van der Waals surface area contributed by atoms with E-state index >= 15 is 0 Å². The van der Waals surface area contributed by atoms with E-state index in [4.69, 9.17) is 10.1 Å². The zero-order chi connectivity index (χ0) is 12.1. The molecule has 0 aromatic heterocycles. The molecule has 0 fully saturated rings. The van der Waals surface area contributed by atoms with E-state index in [0.29, 0.717) is 11.4 Å². The Kier molecular flexibility index (Phi) is 3.63. The monoisotopic (exact) mass is 243 g/mol. The summed E-state index contributed by atoms with van der Waals surface area (Å²) < 4.78 is 5.64. The van der Waals surface area contributed by atoms with Gasteiger partial charge in [0.1, 0.15) is 11.5 Å². The number of benzene rings is 2. The Morgan fingerprint density at radius 3 is 1.94 bits per heavy atom. The minimum atomic E-state index is 0.509. The quantitative estimate of drug-likeness (QED) is 0.580. The van der Waals surface area contributed by atoms with Crippen LogP contribution in [0.25, 0.3) is 4.98 Å². The van der Waals surface area contributed by atoms with Crippen molar-refractivity contribution >= 4 is 17.4 Å². The molecule has 0 radical (unpaired) electrons. The SMILES string of the molecule is CSc1ccc(Oc2ccc([N+]#N)cc2)cc1. The van der Waals surface area contributed by atoms with Crippen molar-refractivity contribution < 1.29 is 4.74 Å². The molecule has 0 amide bonds. The first-order valence-corrected chi connectivity index (χ1v) is 6.31. The highest BCUT2D eigenvalue weighted by Crippen LogP contribution is 2.25. The van der Waals surface area contributed by atoms with Crippen LogP contribution < -0.4 is 4.74 Å². The third-order valence-electron chi connectivity index (χ3n) is 2.25. The van der Waals surface area contributed by atoms with Crippen LogP contribution >= 0.6 is 11.8 Å². The van der Waals surface area contributed by atoms with Gasteiger partial charge < -0.3 is 4.74 Å². The van der Waals surface area contributed by atoms with Gasteiger partial charge in [-0.2, -0.15) is 0 Å². The molecule has 3 nitrogen and oxygen atoms in total. The van der Waals surface area contributed by atoms with Gasteiger partial charge in [0.15, 0.2) is 4.98 Å². The predicted octanol–water partition coefficient (Wildman–Crippen LogP) is 4.69. The van der Waals surface area contributed by atoms with Crippen LogP contribution in [-0.2, 0) is 0 Å². The Morgan fingerprint density at radius 2 is 1.47 bits per heavy atom. The van der Waals surface area contributed by atoms with Crippen LogP contribution in [0.2, 0.25) is 0 Å². The summed E-state index contributed by atoms with van der Waals surface area (Å²) in [5.41, 5.74) is 0.509. The average Bonchev–Trinajstić information content (AvgIpc) is 2.40. The average molecular weight is 243 g/mol. The summed E-state index contributed by atoms with van der Waals surface area (Å²) in [5.74, 6) is 1.51. The predicted molar refractivity (Wildman–Crippen MR) is 69.5 cm³/mol. The second-order valence-corrected chi connectivity index (χ2v) is 4.25. The molecule has 0 N–H and O–H groups in total. The second kappa shape index (κ2) is 5.37. The normalized spacial score (nSPS) is 9.65. The number of hydrogen-bond donors (Lipinski definition) is 0. The fraction of sp³-hybridized carbons (Fsp3) is 0.0769. The molecule has 2 aromatic carbocycles. The molecule has 0 spiro atoms. The van der Waals surface area contributed by atoms with Crippen molar-refractivity contribution in [3.8, 4) is 11.5 Å². The molecule has 4 heteroatoms. The first kappa shape index (κ1) is 11.5. The summed E-state index contributed by atoms with van der Waals surface area (Å²) in [6, 6.07) is 14.8. The van der Waals surface area contributed by atoms with Crippen molar-refractivity contribution in [1.82, 2.24) is 0 Å². The molecular formula is C13H11N2OS+. The zero-order valence-corrected chi connectivity index (χ0v) is 10.1. The molecular weight excluding hydrogens is 232 g/mol. The first-order valence-electron chi connectivity index (χ1n) is 5.09. The summed E-state index contributed by atoms with van der Waals surface area (Å²) in [6.07, 6.45) is 2.03. The molecule has 0 saturated carbocycles. The lowest BCUT2D eigenvalue weighted by Crippen LogP contribution is -1.83. The lowest BCUT2D eigenvalue weighted by atomic mass is 10.3. The van der Waals surface area contributed by atoms with E-state index in [9.17, 15) is 0 Å². The molecule has 0 unspecified atom stereocenters. The highest BCUT2D eigenvalue weighted by molar-refractivity contribution is 7.98. The molecule has 0 bridgehead atoms. The van der Waals surface area contributed by atoms with Gasteiger partial charge in [-0.1, -0.05) is 0 Å². The van der Waals surface area contributed by atoms with Crippen molar-refractivity contribution in [2.45, 2.75) is 4.90 Å². The van der Waals surface area contributed by atoms with Crippen molar-refractivity contribution in [3.63, 3.8) is 0 Å². The Labute approximate surface area is 104 Å². The van der Waals surface area contributed by atoms with Crippen LogP contribution in [0.1, 0.15) is 0 Å². The summed E-state index contributed by atoms with van der Waals surface area (Å²) in [6.45, 7) is 0. The highest BCUT2D eigenvalue weighted by atomic mass is 32.2. The summed E-state index contributed by atoms with van der Waals surface area (Å²) >= 11 is 1.69. The van der Waals surface area contributed by atoms with E-state index < -0.39 is 0 Å². The highest BCUT2D eigenvalue weighted by Gasteiger charge is 2.04.